The van der Waals surface area contributed by atoms with Gasteiger partial charge < -0.3 is 0 Å². The van der Waals surface area contributed by atoms with Gasteiger partial charge in [0.15, 0.2) is 0 Å². The summed E-state index contributed by atoms with van der Waals surface area (Å²) in [6.45, 7) is 8.34. The fourth-order valence-electron chi connectivity index (χ4n) is 1.00. The molecule has 0 aromatic carbocycles. The van der Waals surface area contributed by atoms with Gasteiger partial charge >= 0.3 is 0 Å². The van der Waals surface area contributed by atoms with Crippen LogP contribution in [-0.4, -0.2) is 12.0 Å². The zero-order valence-electron chi connectivity index (χ0n) is 7.31. The number of hydrogen-bond acceptors (Lipinski definition) is 1. The topological polar surface area (TPSA) is 0 Å². The first-order chi connectivity index (χ1) is 4.68. The van der Waals surface area contributed by atoms with E-state index < -0.39 is 0 Å². The molecule has 0 bridgehead atoms. The Morgan fingerprint density at radius 1 is 1.60 bits per heavy atom. The van der Waals surface area contributed by atoms with Gasteiger partial charge in [-0.25, -0.2) is 0 Å². The van der Waals surface area contributed by atoms with E-state index in [0.29, 0.717) is 5.41 Å². The Hall–Kier alpha value is 0.0900. The summed E-state index contributed by atoms with van der Waals surface area (Å²) in [5.41, 5.74) is 0.487. The first-order valence-electron chi connectivity index (χ1n) is 3.78. The van der Waals surface area contributed by atoms with E-state index in [4.69, 9.17) is 0 Å². The van der Waals surface area contributed by atoms with Gasteiger partial charge in [-0.15, -0.1) is 6.58 Å². The zero-order valence-corrected chi connectivity index (χ0v) is 8.13. The molecule has 0 heterocycles. The largest absolute Gasteiger partial charge is 0.165 e. The van der Waals surface area contributed by atoms with Crippen LogP contribution in [0.1, 0.15) is 26.7 Å². The van der Waals surface area contributed by atoms with Gasteiger partial charge in [0.2, 0.25) is 0 Å². The molecule has 0 aromatic heterocycles. The second-order valence-electron chi connectivity index (χ2n) is 3.09. The van der Waals surface area contributed by atoms with Crippen LogP contribution in [0.25, 0.3) is 0 Å². The van der Waals surface area contributed by atoms with Crippen LogP contribution in [-0.2, 0) is 0 Å². The minimum absolute atomic E-state index is 0.487. The van der Waals surface area contributed by atoms with Crippen LogP contribution in [0.5, 0.6) is 0 Å². The van der Waals surface area contributed by atoms with Crippen molar-refractivity contribution in [2.24, 2.45) is 5.41 Å². The van der Waals surface area contributed by atoms with Crippen molar-refractivity contribution in [3.05, 3.63) is 12.7 Å². The first-order valence-corrected chi connectivity index (χ1v) is 5.18. The summed E-state index contributed by atoms with van der Waals surface area (Å²) >= 11 is 1.93. The maximum Gasteiger partial charge on any atom is -0.00134 e. The van der Waals surface area contributed by atoms with Gasteiger partial charge in [-0.1, -0.05) is 19.9 Å². The van der Waals surface area contributed by atoms with E-state index in [0.717, 1.165) is 6.42 Å². The lowest BCUT2D eigenvalue weighted by Crippen LogP contribution is -2.16. The predicted octanol–water partition coefficient (Wildman–Crippen LogP) is 3.34. The molecule has 60 valence electrons. The molecule has 0 amide bonds. The highest BCUT2D eigenvalue weighted by atomic mass is 32.2. The Morgan fingerprint density at radius 3 is 2.50 bits per heavy atom. The van der Waals surface area contributed by atoms with Crippen molar-refractivity contribution >= 4 is 11.8 Å². The van der Waals surface area contributed by atoms with Crippen molar-refractivity contribution in [1.29, 1.82) is 0 Å². The predicted molar refractivity (Wildman–Crippen MR) is 51.6 cm³/mol. The Bertz CT molecular complexity index is 98.9. The molecule has 0 saturated carbocycles. The number of thioether (sulfide) groups is 1. The quantitative estimate of drug-likeness (QED) is 0.553. The minimum Gasteiger partial charge on any atom is -0.165 e. The Balaban J connectivity index is 3.80. The molecule has 0 fully saturated rings. The molecular formula is C9H18S. The molecule has 10 heavy (non-hydrogen) atoms. The summed E-state index contributed by atoms with van der Waals surface area (Å²) in [6.07, 6.45) is 6.58. The molecule has 0 nitrogen and oxygen atoms in total. The minimum atomic E-state index is 0.487. The molecule has 0 N–H and O–H groups in total. The highest BCUT2D eigenvalue weighted by Gasteiger charge is 2.18. The second-order valence-corrected chi connectivity index (χ2v) is 3.96. The standard InChI is InChI=1S/C9H18S/c1-5-7-9(3,6-2)8-10-4/h5H,1,6-8H2,2-4H3. The molecule has 0 saturated heterocycles. The van der Waals surface area contributed by atoms with Gasteiger partial charge in [0, 0.05) is 0 Å². The zero-order chi connectivity index (χ0) is 8.04. The smallest absolute Gasteiger partial charge is 0.00134 e. The molecule has 0 aliphatic rings. The third-order valence-corrected chi connectivity index (χ3v) is 2.97. The van der Waals surface area contributed by atoms with Crippen molar-refractivity contribution in [2.45, 2.75) is 26.7 Å². The Morgan fingerprint density at radius 2 is 2.20 bits per heavy atom. The van der Waals surface area contributed by atoms with Gasteiger partial charge in [0.25, 0.3) is 0 Å². The van der Waals surface area contributed by atoms with Crippen molar-refractivity contribution in [3.8, 4) is 0 Å². The highest BCUT2D eigenvalue weighted by Crippen LogP contribution is 2.29. The molecular weight excluding hydrogens is 140 g/mol. The summed E-state index contributed by atoms with van der Waals surface area (Å²) in [7, 11) is 0. The van der Waals surface area contributed by atoms with E-state index in [9.17, 15) is 0 Å². The van der Waals surface area contributed by atoms with Crippen LogP contribution in [0.4, 0.5) is 0 Å². The van der Waals surface area contributed by atoms with E-state index in [2.05, 4.69) is 26.7 Å². The third-order valence-electron chi connectivity index (χ3n) is 1.98. The van der Waals surface area contributed by atoms with E-state index in [1.807, 2.05) is 17.8 Å². The van der Waals surface area contributed by atoms with Gasteiger partial charge in [0.05, 0.1) is 0 Å². The van der Waals surface area contributed by atoms with Crippen LogP contribution < -0.4 is 0 Å². The van der Waals surface area contributed by atoms with Crippen LogP contribution in [0.15, 0.2) is 12.7 Å². The second kappa shape index (κ2) is 4.84. The Labute approximate surface area is 69.1 Å². The number of rotatable bonds is 5. The molecule has 0 spiro atoms. The van der Waals surface area contributed by atoms with E-state index in [1.54, 1.807) is 0 Å². The van der Waals surface area contributed by atoms with E-state index in [-0.39, 0.29) is 0 Å². The molecule has 0 radical (unpaired) electrons. The van der Waals surface area contributed by atoms with Crippen LogP contribution in [0.3, 0.4) is 0 Å². The van der Waals surface area contributed by atoms with Crippen LogP contribution in [0, 0.1) is 5.41 Å². The van der Waals surface area contributed by atoms with Gasteiger partial charge in [0.1, 0.15) is 0 Å². The molecule has 1 heteroatoms. The lowest BCUT2D eigenvalue weighted by molar-refractivity contribution is 0.367. The van der Waals surface area contributed by atoms with Crippen molar-refractivity contribution in [1.82, 2.24) is 0 Å². The molecule has 0 aliphatic heterocycles. The van der Waals surface area contributed by atoms with Crippen molar-refractivity contribution < 1.29 is 0 Å². The number of hydrogen-bond donors (Lipinski definition) is 0. The van der Waals surface area contributed by atoms with Crippen LogP contribution in [0.2, 0.25) is 0 Å². The average molecular weight is 158 g/mol. The number of allylic oxidation sites excluding steroid dienone is 1. The maximum atomic E-state index is 3.77. The Kier molecular flexibility index (Phi) is 4.88. The lowest BCUT2D eigenvalue weighted by Gasteiger charge is -2.25. The van der Waals surface area contributed by atoms with Crippen molar-refractivity contribution in [3.63, 3.8) is 0 Å². The average Bonchev–Trinajstić information content (AvgIpc) is 1.89. The van der Waals surface area contributed by atoms with Gasteiger partial charge in [-0.05, 0) is 30.3 Å². The summed E-state index contributed by atoms with van der Waals surface area (Å²) in [6, 6.07) is 0. The monoisotopic (exact) mass is 158 g/mol. The third kappa shape index (κ3) is 3.31. The van der Waals surface area contributed by atoms with Crippen LogP contribution >= 0.6 is 11.8 Å². The summed E-state index contributed by atoms with van der Waals surface area (Å²) in [4.78, 5) is 0. The van der Waals surface area contributed by atoms with E-state index >= 15 is 0 Å². The fourth-order valence-corrected chi connectivity index (χ4v) is 2.02. The maximum absolute atomic E-state index is 3.77. The summed E-state index contributed by atoms with van der Waals surface area (Å²) < 4.78 is 0. The highest BCUT2D eigenvalue weighted by molar-refractivity contribution is 7.98. The molecule has 0 aliphatic carbocycles. The SMILES string of the molecule is C=CCC(C)(CC)CSC. The van der Waals surface area contributed by atoms with Crippen molar-refractivity contribution in [2.75, 3.05) is 12.0 Å². The van der Waals surface area contributed by atoms with Gasteiger partial charge in [-0.3, -0.25) is 0 Å². The molecule has 1 atom stereocenters. The summed E-state index contributed by atoms with van der Waals surface area (Å²) in [5.74, 6) is 1.25. The molecule has 1 unspecified atom stereocenters. The molecule has 0 rings (SSSR count). The van der Waals surface area contributed by atoms with E-state index in [1.165, 1.54) is 12.2 Å². The fraction of sp³-hybridized carbons (Fsp3) is 0.778. The first kappa shape index (κ1) is 10.1. The molecule has 0 aromatic rings. The normalized spacial score (nSPS) is 16.3. The summed E-state index contributed by atoms with van der Waals surface area (Å²) in [5, 5.41) is 0. The van der Waals surface area contributed by atoms with Gasteiger partial charge in [-0.2, -0.15) is 11.8 Å². The lowest BCUT2D eigenvalue weighted by atomic mass is 9.86.